The van der Waals surface area contributed by atoms with Crippen molar-refractivity contribution in [1.82, 2.24) is 10.5 Å². The Balaban J connectivity index is 2.56. The molecule has 5 heteroatoms. The van der Waals surface area contributed by atoms with Crippen molar-refractivity contribution < 1.29 is 14.4 Å². The van der Waals surface area contributed by atoms with Crippen LogP contribution in [0.1, 0.15) is 32.3 Å². The van der Waals surface area contributed by atoms with Crippen molar-refractivity contribution in [2.75, 3.05) is 0 Å². The van der Waals surface area contributed by atoms with Crippen LogP contribution in [0, 0.1) is 0 Å². The van der Waals surface area contributed by atoms with E-state index in [0.717, 1.165) is 12.0 Å². The number of carboxylic acids is 1. The summed E-state index contributed by atoms with van der Waals surface area (Å²) in [5, 5.41) is 15.6. The van der Waals surface area contributed by atoms with Gasteiger partial charge in [0, 0.05) is 12.1 Å². The summed E-state index contributed by atoms with van der Waals surface area (Å²) in [7, 11) is 0. The van der Waals surface area contributed by atoms with Gasteiger partial charge in [-0.3, -0.25) is 10.1 Å². The number of carboxylic acid groups (broad SMARTS) is 1. The summed E-state index contributed by atoms with van der Waals surface area (Å²) in [5.74, 6) is -0.833. The van der Waals surface area contributed by atoms with Gasteiger partial charge in [0.1, 0.15) is 11.8 Å². The molecule has 0 aliphatic heterocycles. The zero-order chi connectivity index (χ0) is 11.3. The molecule has 0 aliphatic carbocycles. The lowest BCUT2D eigenvalue weighted by Crippen LogP contribution is -2.48. The van der Waals surface area contributed by atoms with E-state index in [1.807, 2.05) is 6.92 Å². The van der Waals surface area contributed by atoms with Gasteiger partial charge in [0.25, 0.3) is 0 Å². The standard InChI is InChI=1S/C10H16N2O3/c1-3-4-10(2,9(13)14)11-5-8-6-12-15-7-8/h6-7,11H,3-5H2,1-2H3,(H,13,14). The van der Waals surface area contributed by atoms with Gasteiger partial charge in [-0.25, -0.2) is 0 Å². The third-order valence-corrected chi connectivity index (χ3v) is 2.39. The van der Waals surface area contributed by atoms with Crippen molar-refractivity contribution in [2.45, 2.75) is 38.8 Å². The first-order valence-corrected chi connectivity index (χ1v) is 4.95. The Morgan fingerprint density at radius 3 is 2.93 bits per heavy atom. The first-order valence-electron chi connectivity index (χ1n) is 4.95. The van der Waals surface area contributed by atoms with Gasteiger partial charge in [0.2, 0.25) is 0 Å². The molecule has 1 atom stereocenters. The fourth-order valence-electron chi connectivity index (χ4n) is 1.38. The Kier molecular flexibility index (Phi) is 3.85. The number of nitrogens with zero attached hydrogens (tertiary/aromatic N) is 1. The second kappa shape index (κ2) is 4.93. The fourth-order valence-corrected chi connectivity index (χ4v) is 1.38. The molecular weight excluding hydrogens is 196 g/mol. The van der Waals surface area contributed by atoms with Crippen LogP contribution >= 0.6 is 0 Å². The molecule has 0 amide bonds. The van der Waals surface area contributed by atoms with E-state index >= 15 is 0 Å². The van der Waals surface area contributed by atoms with E-state index in [2.05, 4.69) is 15.0 Å². The van der Waals surface area contributed by atoms with E-state index in [4.69, 9.17) is 5.11 Å². The fraction of sp³-hybridized carbons (Fsp3) is 0.600. The van der Waals surface area contributed by atoms with Crippen molar-refractivity contribution in [3.8, 4) is 0 Å². The minimum atomic E-state index is -0.883. The van der Waals surface area contributed by atoms with Crippen LogP contribution in [0.15, 0.2) is 17.0 Å². The minimum absolute atomic E-state index is 0.451. The molecule has 1 aromatic rings. The van der Waals surface area contributed by atoms with Gasteiger partial charge in [-0.15, -0.1) is 0 Å². The molecular formula is C10H16N2O3. The van der Waals surface area contributed by atoms with Gasteiger partial charge in [-0.2, -0.15) is 0 Å². The summed E-state index contributed by atoms with van der Waals surface area (Å²) in [6.45, 7) is 4.10. The number of nitrogens with one attached hydrogen (secondary N) is 1. The molecule has 0 spiro atoms. The van der Waals surface area contributed by atoms with Gasteiger partial charge in [0.15, 0.2) is 0 Å². The van der Waals surface area contributed by atoms with Crippen molar-refractivity contribution >= 4 is 5.97 Å². The highest BCUT2D eigenvalue weighted by Crippen LogP contribution is 2.13. The predicted octanol–water partition coefficient (Wildman–Crippen LogP) is 1.41. The minimum Gasteiger partial charge on any atom is -0.480 e. The van der Waals surface area contributed by atoms with Crippen LogP contribution in [0.3, 0.4) is 0 Å². The molecule has 0 saturated carbocycles. The monoisotopic (exact) mass is 212 g/mol. The molecule has 1 aromatic heterocycles. The van der Waals surface area contributed by atoms with Crippen molar-refractivity contribution in [3.05, 3.63) is 18.0 Å². The molecule has 15 heavy (non-hydrogen) atoms. The van der Waals surface area contributed by atoms with Crippen molar-refractivity contribution in [1.29, 1.82) is 0 Å². The van der Waals surface area contributed by atoms with Crippen LogP contribution < -0.4 is 5.32 Å². The number of hydrogen-bond donors (Lipinski definition) is 2. The molecule has 2 N–H and O–H groups in total. The summed E-state index contributed by atoms with van der Waals surface area (Å²) < 4.78 is 4.66. The zero-order valence-electron chi connectivity index (χ0n) is 8.99. The summed E-state index contributed by atoms with van der Waals surface area (Å²) in [5.41, 5.74) is -0.0370. The smallest absolute Gasteiger partial charge is 0.323 e. The van der Waals surface area contributed by atoms with Gasteiger partial charge in [-0.05, 0) is 13.3 Å². The summed E-state index contributed by atoms with van der Waals surface area (Å²) in [6, 6.07) is 0. The first-order chi connectivity index (χ1) is 7.08. The van der Waals surface area contributed by atoms with Crippen LogP contribution in [0.4, 0.5) is 0 Å². The molecule has 0 aromatic carbocycles. The molecule has 0 bridgehead atoms. The summed E-state index contributed by atoms with van der Waals surface area (Å²) in [6.07, 6.45) is 4.48. The number of rotatable bonds is 6. The van der Waals surface area contributed by atoms with Gasteiger partial charge in [0.05, 0.1) is 6.20 Å². The Bertz CT molecular complexity index is 310. The molecule has 1 heterocycles. The highest BCUT2D eigenvalue weighted by Gasteiger charge is 2.31. The quantitative estimate of drug-likeness (QED) is 0.745. The highest BCUT2D eigenvalue weighted by molar-refractivity contribution is 5.78. The predicted molar refractivity (Wildman–Crippen MR) is 54.3 cm³/mol. The maximum atomic E-state index is 11.1. The second-order valence-corrected chi connectivity index (χ2v) is 3.77. The van der Waals surface area contributed by atoms with Crippen LogP contribution in [0.25, 0.3) is 0 Å². The number of carbonyl (C=O) groups is 1. The third-order valence-electron chi connectivity index (χ3n) is 2.39. The molecule has 1 rings (SSSR count). The molecule has 0 fully saturated rings. The number of aliphatic carboxylic acids is 1. The molecule has 0 aliphatic rings. The van der Waals surface area contributed by atoms with Gasteiger partial charge < -0.3 is 9.63 Å². The van der Waals surface area contributed by atoms with E-state index in [-0.39, 0.29) is 0 Å². The average Bonchev–Trinajstić information content (AvgIpc) is 2.67. The molecule has 84 valence electrons. The summed E-state index contributed by atoms with van der Waals surface area (Å²) in [4.78, 5) is 11.1. The zero-order valence-corrected chi connectivity index (χ0v) is 8.99. The lowest BCUT2D eigenvalue weighted by Gasteiger charge is -2.25. The van der Waals surface area contributed by atoms with E-state index in [9.17, 15) is 4.79 Å². The highest BCUT2D eigenvalue weighted by atomic mass is 16.5. The topological polar surface area (TPSA) is 75.4 Å². The van der Waals surface area contributed by atoms with E-state index < -0.39 is 11.5 Å². The SMILES string of the molecule is CCCC(C)(NCc1cnoc1)C(=O)O. The van der Waals surface area contributed by atoms with Crippen molar-refractivity contribution in [2.24, 2.45) is 0 Å². The largest absolute Gasteiger partial charge is 0.480 e. The molecule has 1 unspecified atom stereocenters. The summed E-state index contributed by atoms with van der Waals surface area (Å²) >= 11 is 0. The van der Waals surface area contributed by atoms with E-state index in [1.165, 1.54) is 6.26 Å². The lowest BCUT2D eigenvalue weighted by molar-refractivity contribution is -0.144. The van der Waals surface area contributed by atoms with Gasteiger partial charge in [-0.1, -0.05) is 18.5 Å². The van der Waals surface area contributed by atoms with E-state index in [0.29, 0.717) is 13.0 Å². The normalized spacial score (nSPS) is 14.8. The maximum absolute atomic E-state index is 11.1. The Morgan fingerprint density at radius 2 is 2.47 bits per heavy atom. The van der Waals surface area contributed by atoms with Gasteiger partial charge >= 0.3 is 5.97 Å². The van der Waals surface area contributed by atoms with Crippen molar-refractivity contribution in [3.63, 3.8) is 0 Å². The van der Waals surface area contributed by atoms with Crippen LogP contribution in [0.5, 0.6) is 0 Å². The first kappa shape index (κ1) is 11.7. The average molecular weight is 212 g/mol. The third kappa shape index (κ3) is 3.06. The molecule has 5 nitrogen and oxygen atoms in total. The van der Waals surface area contributed by atoms with Crippen LogP contribution in [-0.4, -0.2) is 21.8 Å². The van der Waals surface area contributed by atoms with Crippen LogP contribution in [0.2, 0.25) is 0 Å². The second-order valence-electron chi connectivity index (χ2n) is 3.77. The lowest BCUT2D eigenvalue weighted by atomic mass is 9.96. The Hall–Kier alpha value is -1.36. The number of hydrogen-bond acceptors (Lipinski definition) is 4. The Labute approximate surface area is 88.5 Å². The molecule has 0 saturated heterocycles. The number of aromatic nitrogens is 1. The molecule has 0 radical (unpaired) electrons. The van der Waals surface area contributed by atoms with E-state index in [1.54, 1.807) is 13.1 Å². The Morgan fingerprint density at radius 1 is 1.73 bits per heavy atom. The van der Waals surface area contributed by atoms with Crippen LogP contribution in [-0.2, 0) is 11.3 Å². The maximum Gasteiger partial charge on any atom is 0.323 e.